The molecule has 3 N–H and O–H groups in total. The average Bonchev–Trinajstić information content (AvgIpc) is 2.09. The predicted molar refractivity (Wildman–Crippen MR) is 47.5 cm³/mol. The van der Waals surface area contributed by atoms with E-state index in [-0.39, 0.29) is 32.7 Å². The van der Waals surface area contributed by atoms with Crippen LogP contribution in [0.2, 0.25) is 0 Å². The third-order valence-electron chi connectivity index (χ3n) is 1.56. The number of rotatable bonds is 4. The summed E-state index contributed by atoms with van der Waals surface area (Å²) < 4.78 is 0. The van der Waals surface area contributed by atoms with Crippen LogP contribution >= 0.6 is 0 Å². The minimum Gasteiger partial charge on any atom is -0.316 e. The molecule has 1 aromatic rings. The monoisotopic (exact) mass is 254 g/mol. The van der Waals surface area contributed by atoms with Crippen molar-refractivity contribution in [2.24, 2.45) is 0 Å². The number of benzene rings is 1. The fourth-order valence-corrected chi connectivity index (χ4v) is 0.920. The summed E-state index contributed by atoms with van der Waals surface area (Å²) in [7, 11) is 0. The minimum atomic E-state index is 0. The molecule has 0 spiro atoms. The van der Waals surface area contributed by atoms with Gasteiger partial charge in [-0.15, -0.1) is 12.1 Å². The normalized spacial score (nSPS) is 9.31. The second-order valence-electron chi connectivity index (χ2n) is 2.58. The molecule has 0 aliphatic rings. The molecule has 3 nitrogen and oxygen atoms in total. The molecule has 0 atom stereocenters. The van der Waals surface area contributed by atoms with Gasteiger partial charge in [0.15, 0.2) is 0 Å². The summed E-state index contributed by atoms with van der Waals surface area (Å²) in [5.41, 5.74) is 4.22. The summed E-state index contributed by atoms with van der Waals surface area (Å²) in [6, 6.07) is 7.94. The standard InChI is InChI=1S/C9H13N2O.Y/c1-8-2-4-9(5-3-8)6-10-7-11-12;/h2-5,10-12H,1,6-7H2;/q-1;. The van der Waals surface area contributed by atoms with E-state index in [9.17, 15) is 0 Å². The van der Waals surface area contributed by atoms with E-state index >= 15 is 0 Å². The van der Waals surface area contributed by atoms with Crippen LogP contribution in [0, 0.1) is 6.92 Å². The van der Waals surface area contributed by atoms with Crippen molar-refractivity contribution in [1.29, 1.82) is 0 Å². The van der Waals surface area contributed by atoms with Gasteiger partial charge in [-0.3, -0.25) is 5.32 Å². The van der Waals surface area contributed by atoms with Crippen molar-refractivity contribution in [3.05, 3.63) is 42.3 Å². The summed E-state index contributed by atoms with van der Waals surface area (Å²) in [4.78, 5) is 0. The zero-order chi connectivity index (χ0) is 8.81. The van der Waals surface area contributed by atoms with E-state index in [1.165, 1.54) is 5.56 Å². The Kier molecular flexibility index (Phi) is 7.52. The van der Waals surface area contributed by atoms with Crippen LogP contribution in [0.1, 0.15) is 11.1 Å². The van der Waals surface area contributed by atoms with Crippen molar-refractivity contribution < 1.29 is 37.9 Å². The number of hydroxylamine groups is 1. The molecule has 1 rings (SSSR count). The van der Waals surface area contributed by atoms with Crippen molar-refractivity contribution in [3.8, 4) is 0 Å². The molecule has 0 aromatic heterocycles. The van der Waals surface area contributed by atoms with E-state index in [0.29, 0.717) is 6.67 Å². The van der Waals surface area contributed by atoms with Crippen LogP contribution < -0.4 is 10.8 Å². The Hall–Kier alpha value is 0.0739. The van der Waals surface area contributed by atoms with Crippen molar-refractivity contribution >= 4 is 0 Å². The van der Waals surface area contributed by atoms with Gasteiger partial charge >= 0.3 is 0 Å². The van der Waals surface area contributed by atoms with Gasteiger partial charge in [0, 0.05) is 39.3 Å². The van der Waals surface area contributed by atoms with Gasteiger partial charge in [0.25, 0.3) is 0 Å². The molecule has 13 heavy (non-hydrogen) atoms. The molecule has 1 radical (unpaired) electrons. The van der Waals surface area contributed by atoms with Crippen molar-refractivity contribution in [2.45, 2.75) is 6.54 Å². The van der Waals surface area contributed by atoms with Crippen LogP contribution in [0.25, 0.3) is 0 Å². The van der Waals surface area contributed by atoms with E-state index in [2.05, 4.69) is 12.2 Å². The minimum absolute atomic E-state index is 0. The maximum Gasteiger partial charge on any atom is 0.0700 e. The first-order valence-electron chi connectivity index (χ1n) is 3.81. The van der Waals surface area contributed by atoms with Gasteiger partial charge < -0.3 is 5.21 Å². The second-order valence-corrected chi connectivity index (χ2v) is 2.58. The predicted octanol–water partition coefficient (Wildman–Crippen LogP) is 0.892. The zero-order valence-electron chi connectivity index (χ0n) is 7.46. The van der Waals surface area contributed by atoms with E-state index < -0.39 is 0 Å². The molecule has 4 heteroatoms. The molecule has 0 saturated carbocycles. The molecule has 0 unspecified atom stereocenters. The first-order chi connectivity index (χ1) is 5.83. The average molecular weight is 254 g/mol. The van der Waals surface area contributed by atoms with Crippen LogP contribution in [-0.2, 0) is 39.3 Å². The quantitative estimate of drug-likeness (QED) is 0.323. The largest absolute Gasteiger partial charge is 0.316 e. The van der Waals surface area contributed by atoms with Gasteiger partial charge in [-0.05, 0) is 0 Å². The fourth-order valence-electron chi connectivity index (χ4n) is 0.920. The summed E-state index contributed by atoms with van der Waals surface area (Å²) in [6.07, 6.45) is 0. The van der Waals surface area contributed by atoms with E-state index in [1.807, 2.05) is 29.7 Å². The zero-order valence-corrected chi connectivity index (χ0v) is 10.3. The molecule has 0 bridgehead atoms. The maximum absolute atomic E-state index is 8.27. The molecule has 69 valence electrons. The summed E-state index contributed by atoms with van der Waals surface area (Å²) >= 11 is 0. The number of hydrogen-bond acceptors (Lipinski definition) is 3. The molecule has 0 aliphatic heterocycles. The number of hydrogen-bond donors (Lipinski definition) is 3. The first-order valence-corrected chi connectivity index (χ1v) is 3.81. The Morgan fingerprint density at radius 1 is 1.23 bits per heavy atom. The Balaban J connectivity index is 0.00000144. The first kappa shape index (κ1) is 13.1. The summed E-state index contributed by atoms with van der Waals surface area (Å²) in [5.74, 6) is 0. The summed E-state index contributed by atoms with van der Waals surface area (Å²) in [5, 5.41) is 11.3. The topological polar surface area (TPSA) is 44.3 Å². The third-order valence-corrected chi connectivity index (χ3v) is 1.56. The maximum atomic E-state index is 8.27. The third kappa shape index (κ3) is 5.39. The Labute approximate surface area is 104 Å². The van der Waals surface area contributed by atoms with Gasteiger partial charge in [-0.25, -0.2) is 0 Å². The molecule has 0 amide bonds. The van der Waals surface area contributed by atoms with Gasteiger partial charge in [-0.1, -0.05) is 5.56 Å². The van der Waals surface area contributed by atoms with Gasteiger partial charge in [-0.2, -0.15) is 30.1 Å². The van der Waals surface area contributed by atoms with Crippen molar-refractivity contribution in [2.75, 3.05) is 6.67 Å². The molecule has 0 aliphatic carbocycles. The van der Waals surface area contributed by atoms with Crippen LogP contribution in [0.15, 0.2) is 24.3 Å². The van der Waals surface area contributed by atoms with E-state index in [0.717, 1.165) is 12.1 Å². The van der Waals surface area contributed by atoms with Gasteiger partial charge in [0.05, 0.1) is 6.67 Å². The van der Waals surface area contributed by atoms with E-state index in [1.54, 1.807) is 0 Å². The van der Waals surface area contributed by atoms with Crippen LogP contribution in [0.5, 0.6) is 0 Å². The molecular weight excluding hydrogens is 241 g/mol. The van der Waals surface area contributed by atoms with Crippen LogP contribution in [-0.4, -0.2) is 11.9 Å². The van der Waals surface area contributed by atoms with Gasteiger partial charge in [0.2, 0.25) is 0 Å². The van der Waals surface area contributed by atoms with E-state index in [4.69, 9.17) is 5.21 Å². The van der Waals surface area contributed by atoms with Gasteiger partial charge in [0.1, 0.15) is 0 Å². The van der Waals surface area contributed by atoms with Crippen LogP contribution in [0.3, 0.4) is 0 Å². The fraction of sp³-hybridized carbons (Fsp3) is 0.222. The SMILES string of the molecule is [CH2-]c1ccc(CNCNO)cc1.[Y]. The second kappa shape index (κ2) is 7.48. The number of nitrogens with one attached hydrogen (secondary N) is 2. The van der Waals surface area contributed by atoms with Crippen LogP contribution in [0.4, 0.5) is 0 Å². The Bertz CT molecular complexity index is 226. The molecule has 0 heterocycles. The molecule has 0 fully saturated rings. The molecular formula is C9H13N2OY-. The molecule has 1 aromatic carbocycles. The van der Waals surface area contributed by atoms with Crippen molar-refractivity contribution in [1.82, 2.24) is 10.8 Å². The Morgan fingerprint density at radius 3 is 2.38 bits per heavy atom. The Morgan fingerprint density at radius 2 is 1.85 bits per heavy atom. The summed E-state index contributed by atoms with van der Waals surface area (Å²) in [6.45, 7) is 4.92. The smallest absolute Gasteiger partial charge is 0.0700 e. The van der Waals surface area contributed by atoms with Crippen molar-refractivity contribution in [3.63, 3.8) is 0 Å². The molecule has 0 saturated heterocycles.